The van der Waals surface area contributed by atoms with Crippen LogP contribution in [0.1, 0.15) is 6.92 Å². The molecule has 0 spiro atoms. The van der Waals surface area contributed by atoms with Crippen molar-refractivity contribution in [1.29, 1.82) is 0 Å². The maximum atomic E-state index is 4.18. The van der Waals surface area contributed by atoms with Crippen LogP contribution in [-0.4, -0.2) is 47.8 Å². The maximum Gasteiger partial charge on any atom is 0.130 e. The summed E-state index contributed by atoms with van der Waals surface area (Å²) in [6.45, 7) is 3.12. The largest absolute Gasteiger partial charge is 0.366 e. The van der Waals surface area contributed by atoms with Crippen LogP contribution in [0.15, 0.2) is 17.4 Å². The highest BCUT2D eigenvalue weighted by molar-refractivity contribution is 7.98. The lowest BCUT2D eigenvalue weighted by molar-refractivity contribution is 0.392. The summed E-state index contributed by atoms with van der Waals surface area (Å²) in [6, 6.07) is 2.35. The van der Waals surface area contributed by atoms with Gasteiger partial charge < -0.3 is 10.2 Å². The van der Waals surface area contributed by atoms with Crippen LogP contribution in [0.2, 0.25) is 0 Å². The Balaban J connectivity index is 2.55. The van der Waals surface area contributed by atoms with Crippen LogP contribution in [0.4, 0.5) is 5.82 Å². The Kier molecular flexibility index (Phi) is 4.84. The van der Waals surface area contributed by atoms with E-state index < -0.39 is 0 Å². The lowest BCUT2D eigenvalue weighted by Crippen LogP contribution is -2.29. The molecular weight excluding hydrogens is 208 g/mol. The third kappa shape index (κ3) is 4.48. The van der Waals surface area contributed by atoms with Gasteiger partial charge in [0.05, 0.1) is 0 Å². The van der Waals surface area contributed by atoms with Gasteiger partial charge >= 0.3 is 0 Å². The lowest BCUT2D eigenvalue weighted by atomic mass is 10.3. The van der Waals surface area contributed by atoms with Gasteiger partial charge in [-0.1, -0.05) is 0 Å². The topological polar surface area (TPSA) is 41.0 Å². The van der Waals surface area contributed by atoms with Crippen LogP contribution in [0.25, 0.3) is 0 Å². The molecule has 1 aromatic rings. The van der Waals surface area contributed by atoms with Gasteiger partial charge in [-0.15, -0.1) is 11.8 Å². The quantitative estimate of drug-likeness (QED) is 0.609. The van der Waals surface area contributed by atoms with Gasteiger partial charge in [0.15, 0.2) is 0 Å². The van der Waals surface area contributed by atoms with Crippen molar-refractivity contribution in [2.24, 2.45) is 0 Å². The number of hydrogen-bond donors (Lipinski definition) is 1. The number of thioether (sulfide) groups is 1. The number of hydrogen-bond acceptors (Lipinski definition) is 5. The molecule has 1 aromatic heterocycles. The molecule has 1 heterocycles. The highest BCUT2D eigenvalue weighted by Crippen LogP contribution is 2.14. The number of rotatable bonds is 5. The van der Waals surface area contributed by atoms with E-state index in [9.17, 15) is 0 Å². The molecule has 0 fully saturated rings. The van der Waals surface area contributed by atoms with Gasteiger partial charge in [0, 0.05) is 18.7 Å². The van der Waals surface area contributed by atoms with Crippen LogP contribution in [0.5, 0.6) is 0 Å². The zero-order valence-electron chi connectivity index (χ0n) is 9.69. The summed E-state index contributed by atoms with van der Waals surface area (Å²) < 4.78 is 0. The molecule has 0 amide bonds. The summed E-state index contributed by atoms with van der Waals surface area (Å²) in [5, 5.41) is 4.33. The fraction of sp³-hybridized carbons (Fsp3) is 0.600. The second-order valence-corrected chi connectivity index (χ2v) is 4.58. The maximum absolute atomic E-state index is 4.18. The van der Waals surface area contributed by atoms with Crippen LogP contribution >= 0.6 is 11.8 Å². The normalized spacial score (nSPS) is 12.9. The molecule has 1 unspecified atom stereocenters. The molecule has 1 rings (SSSR count). The zero-order chi connectivity index (χ0) is 11.3. The van der Waals surface area contributed by atoms with Crippen molar-refractivity contribution in [2.75, 3.05) is 32.2 Å². The van der Waals surface area contributed by atoms with Gasteiger partial charge in [0.2, 0.25) is 0 Å². The Bertz CT molecular complexity index is 303. The van der Waals surface area contributed by atoms with Gasteiger partial charge in [0.1, 0.15) is 17.2 Å². The first kappa shape index (κ1) is 12.3. The lowest BCUT2D eigenvalue weighted by Gasteiger charge is -2.18. The van der Waals surface area contributed by atoms with Crippen molar-refractivity contribution >= 4 is 17.6 Å². The summed E-state index contributed by atoms with van der Waals surface area (Å²) in [7, 11) is 4.12. The minimum Gasteiger partial charge on any atom is -0.366 e. The average molecular weight is 226 g/mol. The van der Waals surface area contributed by atoms with E-state index in [1.54, 1.807) is 18.1 Å². The highest BCUT2D eigenvalue weighted by atomic mass is 32.2. The Morgan fingerprint density at radius 2 is 2.20 bits per heavy atom. The molecule has 0 aromatic carbocycles. The fourth-order valence-corrected chi connectivity index (χ4v) is 1.76. The number of likely N-dealkylation sites (N-methyl/N-ethyl adjacent to an activating group) is 1. The van der Waals surface area contributed by atoms with Gasteiger partial charge in [-0.25, -0.2) is 9.97 Å². The van der Waals surface area contributed by atoms with Crippen LogP contribution < -0.4 is 5.32 Å². The first-order chi connectivity index (χ1) is 7.11. The Hall–Kier alpha value is -0.810. The second-order valence-electron chi connectivity index (χ2n) is 3.75. The summed E-state index contributed by atoms with van der Waals surface area (Å²) in [5.74, 6) is 0.892. The fourth-order valence-electron chi connectivity index (χ4n) is 1.38. The molecule has 0 radical (unpaired) electrons. The highest BCUT2D eigenvalue weighted by Gasteiger charge is 2.04. The molecule has 0 saturated carbocycles. The van der Waals surface area contributed by atoms with Crippen molar-refractivity contribution in [3.05, 3.63) is 12.4 Å². The number of nitrogens with zero attached hydrogens (tertiary/aromatic N) is 3. The van der Waals surface area contributed by atoms with Crippen molar-refractivity contribution in [1.82, 2.24) is 14.9 Å². The third-order valence-corrected chi connectivity index (χ3v) is 2.53. The van der Waals surface area contributed by atoms with E-state index in [4.69, 9.17) is 0 Å². The second kappa shape index (κ2) is 5.92. The Morgan fingerprint density at radius 1 is 1.47 bits per heavy atom. The Labute approximate surface area is 95.5 Å². The van der Waals surface area contributed by atoms with E-state index in [0.29, 0.717) is 6.04 Å². The number of anilines is 1. The first-order valence-corrected chi connectivity index (χ1v) is 6.11. The molecule has 1 N–H and O–H groups in total. The van der Waals surface area contributed by atoms with E-state index in [2.05, 4.69) is 41.2 Å². The van der Waals surface area contributed by atoms with Crippen LogP contribution in [-0.2, 0) is 0 Å². The van der Waals surface area contributed by atoms with E-state index in [1.165, 1.54) is 0 Å². The summed E-state index contributed by atoms with van der Waals surface area (Å²) in [5.41, 5.74) is 0. The molecule has 84 valence electrons. The third-order valence-electron chi connectivity index (χ3n) is 1.88. The molecule has 5 heteroatoms. The molecule has 0 aliphatic carbocycles. The minimum absolute atomic E-state index is 0.379. The van der Waals surface area contributed by atoms with Gasteiger partial charge in [0.25, 0.3) is 0 Å². The zero-order valence-corrected chi connectivity index (χ0v) is 10.5. The van der Waals surface area contributed by atoms with Crippen LogP contribution in [0.3, 0.4) is 0 Å². The van der Waals surface area contributed by atoms with E-state index in [-0.39, 0.29) is 0 Å². The number of aromatic nitrogens is 2. The molecule has 0 aliphatic rings. The molecule has 4 nitrogen and oxygen atoms in total. The van der Waals surface area contributed by atoms with Crippen molar-refractivity contribution in [3.8, 4) is 0 Å². The monoisotopic (exact) mass is 226 g/mol. The predicted octanol–water partition coefficient (Wildman–Crippen LogP) is 1.56. The average Bonchev–Trinajstić information content (AvgIpc) is 2.16. The van der Waals surface area contributed by atoms with Crippen molar-refractivity contribution in [3.63, 3.8) is 0 Å². The summed E-state index contributed by atoms with van der Waals surface area (Å²) >= 11 is 1.62. The standard InChI is InChI=1S/C10H18N4S/c1-8(6-14(2)3)13-9-5-10(15-4)12-7-11-9/h5,7-8H,6H2,1-4H3,(H,11,12,13). The van der Waals surface area contributed by atoms with Crippen molar-refractivity contribution in [2.45, 2.75) is 18.0 Å². The first-order valence-electron chi connectivity index (χ1n) is 4.89. The summed E-state index contributed by atoms with van der Waals surface area (Å²) in [4.78, 5) is 10.5. The molecule has 15 heavy (non-hydrogen) atoms. The molecule has 1 atom stereocenters. The summed E-state index contributed by atoms with van der Waals surface area (Å²) in [6.07, 6.45) is 3.60. The Morgan fingerprint density at radius 3 is 2.80 bits per heavy atom. The molecule has 0 bridgehead atoms. The number of nitrogens with one attached hydrogen (secondary N) is 1. The van der Waals surface area contributed by atoms with Gasteiger partial charge in [-0.2, -0.15) is 0 Å². The van der Waals surface area contributed by atoms with E-state index >= 15 is 0 Å². The predicted molar refractivity (Wildman–Crippen MR) is 65.5 cm³/mol. The van der Waals surface area contributed by atoms with Crippen molar-refractivity contribution < 1.29 is 0 Å². The molecular formula is C10H18N4S. The smallest absolute Gasteiger partial charge is 0.130 e. The van der Waals surface area contributed by atoms with Gasteiger partial charge in [-0.05, 0) is 27.3 Å². The molecule has 0 aliphatic heterocycles. The SMILES string of the molecule is CSc1cc(NC(C)CN(C)C)ncn1. The van der Waals surface area contributed by atoms with E-state index in [1.807, 2.05) is 12.3 Å². The van der Waals surface area contributed by atoms with Gasteiger partial charge in [-0.3, -0.25) is 0 Å². The van der Waals surface area contributed by atoms with E-state index in [0.717, 1.165) is 17.4 Å². The molecule has 0 saturated heterocycles. The van der Waals surface area contributed by atoms with Crippen LogP contribution in [0, 0.1) is 0 Å². The minimum atomic E-state index is 0.379.